The van der Waals surface area contributed by atoms with Crippen molar-refractivity contribution in [2.45, 2.75) is 64.2 Å². The van der Waals surface area contributed by atoms with E-state index in [0.29, 0.717) is 0 Å². The number of hydrogen-bond acceptors (Lipinski definition) is 1. The zero-order valence-corrected chi connectivity index (χ0v) is 10.9. The van der Waals surface area contributed by atoms with Crippen LogP contribution in [0.5, 0.6) is 0 Å². The highest BCUT2D eigenvalue weighted by molar-refractivity contribution is 5.65. The Morgan fingerprint density at radius 3 is 2.71 bits per heavy atom. The minimum atomic E-state index is 1.03. The summed E-state index contributed by atoms with van der Waals surface area (Å²) in [5, 5.41) is 0. The molecule has 0 N–H and O–H groups in total. The summed E-state index contributed by atoms with van der Waals surface area (Å²) >= 11 is 0. The summed E-state index contributed by atoms with van der Waals surface area (Å²) in [6.07, 6.45) is 22.4. The first-order chi connectivity index (χ1) is 8.45. The summed E-state index contributed by atoms with van der Waals surface area (Å²) in [7, 11) is 0. The first-order valence-corrected chi connectivity index (χ1v) is 7.30. The van der Waals surface area contributed by atoms with Crippen LogP contribution in [0.15, 0.2) is 28.9 Å². The van der Waals surface area contributed by atoms with E-state index in [1.807, 2.05) is 12.4 Å². The van der Waals surface area contributed by atoms with Crippen LogP contribution in [-0.2, 0) is 0 Å². The molecule has 1 heteroatoms. The summed E-state index contributed by atoms with van der Waals surface area (Å²) in [5.41, 5.74) is 1.49. The largest absolute Gasteiger partial charge is 0.269 e. The molecular weight excluding hydrogens is 206 g/mol. The second-order valence-corrected chi connectivity index (χ2v) is 5.41. The van der Waals surface area contributed by atoms with E-state index in [1.165, 1.54) is 63.4 Å². The van der Waals surface area contributed by atoms with E-state index in [-0.39, 0.29) is 0 Å². The molecule has 0 atom stereocenters. The molecule has 0 saturated heterocycles. The highest BCUT2D eigenvalue weighted by Gasteiger charge is 2.11. The lowest BCUT2D eigenvalue weighted by Gasteiger charge is -2.20. The smallest absolute Gasteiger partial charge is 0.0259 e. The molecule has 0 amide bonds. The van der Waals surface area contributed by atoms with E-state index in [4.69, 9.17) is 0 Å². The SMILES string of the molecule is C1=NC=C(CC/C=C/CCC2CCCCC2)C1. The first kappa shape index (κ1) is 12.6. The Kier molecular flexibility index (Phi) is 5.54. The van der Waals surface area contributed by atoms with Gasteiger partial charge in [-0.2, -0.15) is 0 Å². The molecule has 1 aliphatic carbocycles. The highest BCUT2D eigenvalue weighted by Crippen LogP contribution is 2.27. The molecule has 0 radical (unpaired) electrons. The van der Waals surface area contributed by atoms with E-state index in [9.17, 15) is 0 Å². The summed E-state index contributed by atoms with van der Waals surface area (Å²) in [6, 6.07) is 0. The van der Waals surface area contributed by atoms with Crippen LogP contribution < -0.4 is 0 Å². The topological polar surface area (TPSA) is 12.4 Å². The minimum Gasteiger partial charge on any atom is -0.269 e. The molecule has 0 spiro atoms. The van der Waals surface area contributed by atoms with Crippen LogP contribution in [-0.4, -0.2) is 6.21 Å². The molecule has 1 heterocycles. The molecular formula is C16H25N. The van der Waals surface area contributed by atoms with Gasteiger partial charge in [0.2, 0.25) is 0 Å². The summed E-state index contributed by atoms with van der Waals surface area (Å²) in [6.45, 7) is 0. The maximum absolute atomic E-state index is 4.13. The number of hydrogen-bond donors (Lipinski definition) is 0. The molecule has 0 aromatic carbocycles. The zero-order chi connectivity index (χ0) is 11.8. The molecule has 1 fully saturated rings. The van der Waals surface area contributed by atoms with Gasteiger partial charge in [-0.15, -0.1) is 0 Å². The molecule has 1 aliphatic heterocycles. The third-order valence-corrected chi connectivity index (χ3v) is 3.98. The fourth-order valence-corrected chi connectivity index (χ4v) is 2.86. The predicted octanol–water partition coefficient (Wildman–Crippen LogP) is 5.04. The quantitative estimate of drug-likeness (QED) is 0.568. The average Bonchev–Trinajstić information content (AvgIpc) is 2.88. The van der Waals surface area contributed by atoms with Crippen molar-refractivity contribution in [3.63, 3.8) is 0 Å². The number of nitrogens with zero attached hydrogens (tertiary/aromatic N) is 1. The van der Waals surface area contributed by atoms with E-state index < -0.39 is 0 Å². The second-order valence-electron chi connectivity index (χ2n) is 5.41. The van der Waals surface area contributed by atoms with Crippen LogP contribution in [0.1, 0.15) is 64.2 Å². The van der Waals surface area contributed by atoms with Crippen LogP contribution in [0.4, 0.5) is 0 Å². The average molecular weight is 231 g/mol. The molecule has 17 heavy (non-hydrogen) atoms. The molecule has 0 aromatic heterocycles. The van der Waals surface area contributed by atoms with Crippen molar-refractivity contribution in [1.82, 2.24) is 0 Å². The van der Waals surface area contributed by atoms with Crippen molar-refractivity contribution >= 4 is 6.21 Å². The minimum absolute atomic E-state index is 1.03. The number of rotatable bonds is 6. The van der Waals surface area contributed by atoms with Crippen molar-refractivity contribution in [2.75, 3.05) is 0 Å². The molecule has 2 rings (SSSR count). The maximum atomic E-state index is 4.13. The fourth-order valence-electron chi connectivity index (χ4n) is 2.86. The Morgan fingerprint density at radius 2 is 1.94 bits per heavy atom. The van der Waals surface area contributed by atoms with Crippen LogP contribution in [0.25, 0.3) is 0 Å². The molecule has 0 bridgehead atoms. The van der Waals surface area contributed by atoms with Gasteiger partial charge in [-0.25, -0.2) is 0 Å². The fraction of sp³-hybridized carbons (Fsp3) is 0.688. The van der Waals surface area contributed by atoms with Crippen molar-refractivity contribution in [1.29, 1.82) is 0 Å². The molecule has 1 saturated carbocycles. The van der Waals surface area contributed by atoms with Gasteiger partial charge in [0.25, 0.3) is 0 Å². The third kappa shape index (κ3) is 4.89. The van der Waals surface area contributed by atoms with E-state index in [2.05, 4.69) is 17.1 Å². The Labute approximate surface area is 106 Å². The van der Waals surface area contributed by atoms with Gasteiger partial charge in [-0.3, -0.25) is 4.99 Å². The monoisotopic (exact) mass is 231 g/mol. The van der Waals surface area contributed by atoms with Crippen molar-refractivity contribution in [2.24, 2.45) is 10.9 Å². The van der Waals surface area contributed by atoms with Gasteiger partial charge in [-0.1, -0.05) is 44.3 Å². The van der Waals surface area contributed by atoms with Crippen LogP contribution in [0.2, 0.25) is 0 Å². The predicted molar refractivity (Wildman–Crippen MR) is 75.4 cm³/mol. The first-order valence-electron chi connectivity index (χ1n) is 7.30. The van der Waals surface area contributed by atoms with Gasteiger partial charge in [-0.05, 0) is 37.2 Å². The second kappa shape index (κ2) is 7.47. The highest BCUT2D eigenvalue weighted by atomic mass is 14.7. The lowest BCUT2D eigenvalue weighted by molar-refractivity contribution is 0.341. The zero-order valence-electron chi connectivity index (χ0n) is 10.9. The van der Waals surface area contributed by atoms with E-state index >= 15 is 0 Å². The summed E-state index contributed by atoms with van der Waals surface area (Å²) in [4.78, 5) is 4.13. The van der Waals surface area contributed by atoms with Gasteiger partial charge in [0.1, 0.15) is 0 Å². The van der Waals surface area contributed by atoms with E-state index in [0.717, 1.165) is 12.3 Å². The summed E-state index contributed by atoms with van der Waals surface area (Å²) in [5.74, 6) is 1.03. The van der Waals surface area contributed by atoms with Gasteiger partial charge >= 0.3 is 0 Å². The van der Waals surface area contributed by atoms with Gasteiger partial charge in [0.05, 0.1) is 0 Å². The lowest BCUT2D eigenvalue weighted by atomic mass is 9.86. The number of aliphatic imine (C=N–C) groups is 1. The van der Waals surface area contributed by atoms with Gasteiger partial charge < -0.3 is 0 Å². The number of allylic oxidation sites excluding steroid dienone is 3. The van der Waals surface area contributed by atoms with Crippen LogP contribution >= 0.6 is 0 Å². The van der Waals surface area contributed by atoms with Crippen molar-refractivity contribution in [3.8, 4) is 0 Å². The Balaban J connectivity index is 1.49. The third-order valence-electron chi connectivity index (χ3n) is 3.98. The summed E-state index contributed by atoms with van der Waals surface area (Å²) < 4.78 is 0. The van der Waals surface area contributed by atoms with E-state index in [1.54, 1.807) is 0 Å². The molecule has 1 nitrogen and oxygen atoms in total. The standard InChI is InChI=1S/C16H25N/c1(2-5-11-16-12-13-17-14-16)4-8-15-9-6-3-7-10-15/h1-2,13-15H,3-12H2/b2-1+. The lowest BCUT2D eigenvalue weighted by Crippen LogP contribution is -2.05. The molecule has 0 aromatic rings. The Hall–Kier alpha value is -0.850. The molecule has 0 unspecified atom stereocenters. The Morgan fingerprint density at radius 1 is 1.12 bits per heavy atom. The molecule has 94 valence electrons. The molecule has 2 aliphatic rings. The Bertz CT molecular complexity index is 293. The van der Waals surface area contributed by atoms with Crippen LogP contribution in [0.3, 0.4) is 0 Å². The van der Waals surface area contributed by atoms with Crippen LogP contribution in [0, 0.1) is 5.92 Å². The van der Waals surface area contributed by atoms with Gasteiger partial charge in [0.15, 0.2) is 0 Å². The van der Waals surface area contributed by atoms with Crippen molar-refractivity contribution < 1.29 is 0 Å². The normalized spacial score (nSPS) is 21.3. The maximum Gasteiger partial charge on any atom is 0.0259 e. The van der Waals surface area contributed by atoms with Crippen molar-refractivity contribution in [3.05, 3.63) is 23.9 Å². The van der Waals surface area contributed by atoms with Gasteiger partial charge in [0, 0.05) is 18.8 Å².